The Morgan fingerprint density at radius 1 is 1.30 bits per heavy atom. The van der Waals surface area contributed by atoms with Crippen LogP contribution < -0.4 is 10.6 Å². The number of amides is 1. The normalized spacial score (nSPS) is 16.1. The van der Waals surface area contributed by atoms with Crippen molar-refractivity contribution in [3.05, 3.63) is 29.8 Å². The maximum atomic E-state index is 11.2. The second kappa shape index (κ2) is 8.29. The summed E-state index contributed by atoms with van der Waals surface area (Å²) < 4.78 is 0. The predicted octanol–water partition coefficient (Wildman–Crippen LogP) is 1.78. The first-order chi connectivity index (χ1) is 9.75. The van der Waals surface area contributed by atoms with Crippen LogP contribution in [0, 0.1) is 0 Å². The fraction of sp³-hybridized carbons (Fsp3) is 0.533. The van der Waals surface area contributed by atoms with Gasteiger partial charge in [-0.3, -0.25) is 4.79 Å². The third kappa shape index (κ3) is 5.15. The van der Waals surface area contributed by atoms with Gasteiger partial charge >= 0.3 is 0 Å². The van der Waals surface area contributed by atoms with E-state index in [4.69, 9.17) is 0 Å². The Morgan fingerprint density at radius 2 is 2.05 bits per heavy atom. The van der Waals surface area contributed by atoms with Gasteiger partial charge in [-0.25, -0.2) is 0 Å². The molecule has 110 valence electrons. The molecule has 1 heterocycles. The van der Waals surface area contributed by atoms with Crippen LogP contribution in [0.3, 0.4) is 0 Å². The lowest BCUT2D eigenvalue weighted by molar-refractivity contribution is -0.114. The predicted molar refractivity (Wildman–Crippen MR) is 86.2 cm³/mol. The molecule has 0 radical (unpaired) electrons. The Morgan fingerprint density at radius 3 is 2.80 bits per heavy atom. The van der Waals surface area contributed by atoms with Crippen molar-refractivity contribution in [1.82, 2.24) is 10.2 Å². The van der Waals surface area contributed by atoms with Gasteiger partial charge in [0.2, 0.25) is 5.91 Å². The number of nitrogens with one attached hydrogen (secondary N) is 2. The molecule has 2 N–H and O–H groups in total. The van der Waals surface area contributed by atoms with Crippen LogP contribution in [0.15, 0.2) is 24.3 Å². The zero-order valence-corrected chi connectivity index (χ0v) is 12.8. The molecule has 1 amide bonds. The van der Waals surface area contributed by atoms with E-state index in [1.54, 1.807) is 6.92 Å². The Bertz CT molecular complexity index is 433. The van der Waals surface area contributed by atoms with E-state index in [9.17, 15) is 4.79 Å². The molecule has 0 spiro atoms. The first kappa shape index (κ1) is 15.4. The van der Waals surface area contributed by atoms with Crippen molar-refractivity contribution in [3.8, 4) is 0 Å². The molecule has 5 heteroatoms. The highest BCUT2D eigenvalue weighted by atomic mass is 32.2. The van der Waals surface area contributed by atoms with Crippen molar-refractivity contribution < 1.29 is 4.79 Å². The Kier molecular flexibility index (Phi) is 6.36. The lowest BCUT2D eigenvalue weighted by atomic mass is 10.1. The SMILES string of the molecule is CC(=O)Nc1ccccc1CNCCN1CCSCC1. The quantitative estimate of drug-likeness (QED) is 0.785. The van der Waals surface area contributed by atoms with Gasteiger partial charge in [0.05, 0.1) is 0 Å². The number of rotatable bonds is 6. The first-order valence-corrected chi connectivity index (χ1v) is 8.27. The lowest BCUT2D eigenvalue weighted by Crippen LogP contribution is -2.37. The van der Waals surface area contributed by atoms with Gasteiger partial charge in [-0.1, -0.05) is 18.2 Å². The van der Waals surface area contributed by atoms with Crippen LogP contribution in [0.5, 0.6) is 0 Å². The summed E-state index contributed by atoms with van der Waals surface area (Å²) in [7, 11) is 0. The van der Waals surface area contributed by atoms with E-state index in [0.29, 0.717) is 0 Å². The van der Waals surface area contributed by atoms with Gasteiger partial charge in [0.15, 0.2) is 0 Å². The van der Waals surface area contributed by atoms with Gasteiger partial charge in [0.1, 0.15) is 0 Å². The zero-order valence-electron chi connectivity index (χ0n) is 12.0. The van der Waals surface area contributed by atoms with Gasteiger partial charge in [-0.15, -0.1) is 0 Å². The zero-order chi connectivity index (χ0) is 14.2. The summed E-state index contributed by atoms with van der Waals surface area (Å²) in [5.41, 5.74) is 2.04. The number of hydrogen-bond donors (Lipinski definition) is 2. The smallest absolute Gasteiger partial charge is 0.221 e. The number of hydrogen-bond acceptors (Lipinski definition) is 4. The van der Waals surface area contributed by atoms with Crippen molar-refractivity contribution in [2.45, 2.75) is 13.5 Å². The molecular formula is C15H23N3OS. The summed E-state index contributed by atoms with van der Waals surface area (Å²) in [6, 6.07) is 7.94. The van der Waals surface area contributed by atoms with E-state index in [0.717, 1.165) is 30.9 Å². The van der Waals surface area contributed by atoms with Crippen molar-refractivity contribution in [2.75, 3.05) is 43.0 Å². The molecule has 0 aliphatic carbocycles. The minimum absolute atomic E-state index is 0.0248. The van der Waals surface area contributed by atoms with Crippen molar-refractivity contribution >= 4 is 23.4 Å². The van der Waals surface area contributed by atoms with Crippen LogP contribution in [0.25, 0.3) is 0 Å². The van der Waals surface area contributed by atoms with E-state index in [1.165, 1.54) is 24.6 Å². The Labute approximate surface area is 125 Å². The van der Waals surface area contributed by atoms with Gasteiger partial charge in [0, 0.05) is 56.8 Å². The fourth-order valence-electron chi connectivity index (χ4n) is 2.27. The minimum Gasteiger partial charge on any atom is -0.326 e. The third-order valence-electron chi connectivity index (χ3n) is 3.35. The monoisotopic (exact) mass is 293 g/mol. The van der Waals surface area contributed by atoms with E-state index < -0.39 is 0 Å². The molecule has 1 aromatic rings. The van der Waals surface area contributed by atoms with Crippen LogP contribution in [0.1, 0.15) is 12.5 Å². The summed E-state index contributed by atoms with van der Waals surface area (Å²) >= 11 is 2.04. The molecule has 4 nitrogen and oxygen atoms in total. The Balaban J connectivity index is 1.74. The molecule has 2 rings (SSSR count). The molecule has 1 aliphatic heterocycles. The van der Waals surface area contributed by atoms with Gasteiger partial charge < -0.3 is 15.5 Å². The first-order valence-electron chi connectivity index (χ1n) is 7.12. The van der Waals surface area contributed by atoms with Crippen molar-refractivity contribution in [2.24, 2.45) is 0 Å². The summed E-state index contributed by atoms with van der Waals surface area (Å²) in [4.78, 5) is 13.7. The van der Waals surface area contributed by atoms with E-state index in [1.807, 2.05) is 30.0 Å². The van der Waals surface area contributed by atoms with E-state index >= 15 is 0 Å². The van der Waals surface area contributed by atoms with E-state index in [2.05, 4.69) is 21.6 Å². The molecule has 1 aromatic carbocycles. The minimum atomic E-state index is -0.0248. The van der Waals surface area contributed by atoms with Crippen molar-refractivity contribution in [1.29, 1.82) is 0 Å². The molecule has 0 atom stereocenters. The number of benzene rings is 1. The highest BCUT2D eigenvalue weighted by Gasteiger charge is 2.09. The number of nitrogens with zero attached hydrogens (tertiary/aromatic N) is 1. The summed E-state index contributed by atoms with van der Waals surface area (Å²) in [5, 5.41) is 6.33. The highest BCUT2D eigenvalue weighted by Crippen LogP contribution is 2.14. The highest BCUT2D eigenvalue weighted by molar-refractivity contribution is 7.99. The number of anilines is 1. The van der Waals surface area contributed by atoms with Gasteiger partial charge in [-0.2, -0.15) is 11.8 Å². The number of thioether (sulfide) groups is 1. The summed E-state index contributed by atoms with van der Waals surface area (Å²) in [6.07, 6.45) is 0. The topological polar surface area (TPSA) is 44.4 Å². The van der Waals surface area contributed by atoms with Crippen LogP contribution >= 0.6 is 11.8 Å². The second-order valence-corrected chi connectivity index (χ2v) is 6.19. The number of carbonyl (C=O) groups is 1. The molecule has 0 unspecified atom stereocenters. The maximum Gasteiger partial charge on any atom is 0.221 e. The fourth-order valence-corrected chi connectivity index (χ4v) is 3.25. The molecule has 1 saturated heterocycles. The Hall–Kier alpha value is -1.04. The molecule has 1 aliphatic rings. The average Bonchev–Trinajstić information content (AvgIpc) is 2.46. The van der Waals surface area contributed by atoms with Gasteiger partial charge in [0.25, 0.3) is 0 Å². The average molecular weight is 293 g/mol. The molecule has 0 saturated carbocycles. The molecule has 0 aromatic heterocycles. The van der Waals surface area contributed by atoms with Crippen LogP contribution in [-0.4, -0.2) is 48.5 Å². The summed E-state index contributed by atoms with van der Waals surface area (Å²) in [5.74, 6) is 2.49. The molecule has 0 bridgehead atoms. The van der Waals surface area contributed by atoms with Crippen molar-refractivity contribution in [3.63, 3.8) is 0 Å². The van der Waals surface area contributed by atoms with Crippen LogP contribution in [-0.2, 0) is 11.3 Å². The largest absolute Gasteiger partial charge is 0.326 e. The standard InChI is InChI=1S/C15H23N3OS/c1-13(19)17-15-5-3-2-4-14(15)12-16-6-7-18-8-10-20-11-9-18/h2-5,16H,6-12H2,1H3,(H,17,19). The maximum absolute atomic E-state index is 11.2. The molecule has 1 fully saturated rings. The number of para-hydroxylation sites is 1. The van der Waals surface area contributed by atoms with Crippen LogP contribution in [0.4, 0.5) is 5.69 Å². The van der Waals surface area contributed by atoms with Crippen LogP contribution in [0.2, 0.25) is 0 Å². The summed E-state index contributed by atoms with van der Waals surface area (Å²) in [6.45, 7) is 6.82. The van der Waals surface area contributed by atoms with Gasteiger partial charge in [-0.05, 0) is 11.6 Å². The number of carbonyl (C=O) groups excluding carboxylic acids is 1. The molecular weight excluding hydrogens is 270 g/mol. The third-order valence-corrected chi connectivity index (χ3v) is 4.29. The molecule has 20 heavy (non-hydrogen) atoms. The second-order valence-electron chi connectivity index (χ2n) is 4.97. The lowest BCUT2D eigenvalue weighted by Gasteiger charge is -2.26. The van der Waals surface area contributed by atoms with E-state index in [-0.39, 0.29) is 5.91 Å².